The van der Waals surface area contributed by atoms with Crippen molar-refractivity contribution in [2.45, 2.75) is 4.90 Å². The molecule has 0 saturated carbocycles. The SMILES string of the molecule is O=C(CN(c1ccccc1)S(=O)(=O)c1ccccc1)Nc1ccc(Oc2ccccc2)cc1. The average Bonchev–Trinajstić information content (AvgIpc) is 2.85. The van der Waals surface area contributed by atoms with Crippen LogP contribution in [0.4, 0.5) is 11.4 Å². The highest BCUT2D eigenvalue weighted by atomic mass is 32.2. The molecule has 0 aromatic heterocycles. The van der Waals surface area contributed by atoms with Gasteiger partial charge in [0.2, 0.25) is 5.91 Å². The van der Waals surface area contributed by atoms with Crippen LogP contribution in [0.2, 0.25) is 0 Å². The molecule has 4 aromatic carbocycles. The second-order valence-electron chi connectivity index (χ2n) is 7.15. The van der Waals surface area contributed by atoms with Crippen molar-refractivity contribution in [3.05, 3.63) is 115 Å². The van der Waals surface area contributed by atoms with E-state index in [9.17, 15) is 13.2 Å². The summed E-state index contributed by atoms with van der Waals surface area (Å²) in [5.41, 5.74) is 0.939. The summed E-state index contributed by atoms with van der Waals surface area (Å²) in [6.45, 7) is -0.372. The minimum Gasteiger partial charge on any atom is -0.457 e. The molecule has 0 aliphatic rings. The quantitative estimate of drug-likeness (QED) is 0.388. The van der Waals surface area contributed by atoms with Gasteiger partial charge in [-0.15, -0.1) is 0 Å². The zero-order valence-corrected chi connectivity index (χ0v) is 18.5. The van der Waals surface area contributed by atoms with Gasteiger partial charge in [-0.25, -0.2) is 8.42 Å². The fraction of sp³-hybridized carbons (Fsp3) is 0.0385. The fourth-order valence-electron chi connectivity index (χ4n) is 3.19. The topological polar surface area (TPSA) is 75.7 Å². The minimum atomic E-state index is -3.93. The Kier molecular flexibility index (Phi) is 6.71. The zero-order chi connectivity index (χ0) is 23.1. The fourth-order valence-corrected chi connectivity index (χ4v) is 4.63. The van der Waals surface area contributed by atoms with Gasteiger partial charge >= 0.3 is 0 Å². The van der Waals surface area contributed by atoms with E-state index < -0.39 is 15.9 Å². The van der Waals surface area contributed by atoms with E-state index in [-0.39, 0.29) is 11.4 Å². The number of amides is 1. The van der Waals surface area contributed by atoms with Crippen molar-refractivity contribution in [1.29, 1.82) is 0 Å². The van der Waals surface area contributed by atoms with Crippen LogP contribution < -0.4 is 14.4 Å². The first-order valence-corrected chi connectivity index (χ1v) is 11.7. The summed E-state index contributed by atoms with van der Waals surface area (Å²) in [5, 5.41) is 2.76. The molecule has 4 aromatic rings. The normalized spacial score (nSPS) is 10.9. The van der Waals surface area contributed by atoms with Crippen LogP contribution in [-0.4, -0.2) is 20.9 Å². The van der Waals surface area contributed by atoms with E-state index in [1.165, 1.54) is 12.1 Å². The Morgan fingerprint density at radius 2 is 1.21 bits per heavy atom. The summed E-state index contributed by atoms with van der Waals surface area (Å²) < 4.78 is 33.4. The first-order chi connectivity index (χ1) is 16.0. The van der Waals surface area contributed by atoms with Gasteiger partial charge in [-0.3, -0.25) is 9.10 Å². The molecule has 1 amide bonds. The smallest absolute Gasteiger partial charge is 0.264 e. The van der Waals surface area contributed by atoms with Crippen LogP contribution in [0.5, 0.6) is 11.5 Å². The number of carbonyl (C=O) groups is 1. The Bertz CT molecular complexity index is 1300. The van der Waals surface area contributed by atoms with Crippen LogP contribution in [-0.2, 0) is 14.8 Å². The first kappa shape index (κ1) is 22.1. The molecule has 0 unspecified atom stereocenters. The molecule has 0 aliphatic carbocycles. The number of para-hydroxylation sites is 2. The molecule has 4 rings (SSSR count). The predicted octanol–water partition coefficient (Wildman–Crippen LogP) is 5.31. The predicted molar refractivity (Wildman–Crippen MR) is 129 cm³/mol. The van der Waals surface area contributed by atoms with Crippen LogP contribution >= 0.6 is 0 Å². The molecule has 6 nitrogen and oxygen atoms in total. The molecular formula is C26H22N2O4S. The number of carbonyl (C=O) groups excluding carboxylic acids is 1. The minimum absolute atomic E-state index is 0.115. The van der Waals surface area contributed by atoms with Gasteiger partial charge in [0.25, 0.3) is 10.0 Å². The molecule has 0 spiro atoms. The maximum Gasteiger partial charge on any atom is 0.264 e. The molecule has 0 atom stereocenters. The van der Waals surface area contributed by atoms with Crippen molar-refractivity contribution in [3.63, 3.8) is 0 Å². The number of sulfonamides is 1. The number of rotatable bonds is 8. The van der Waals surface area contributed by atoms with Crippen LogP contribution in [0.15, 0.2) is 120 Å². The van der Waals surface area contributed by atoms with Crippen molar-refractivity contribution >= 4 is 27.3 Å². The third-order valence-corrected chi connectivity index (χ3v) is 6.57. The molecule has 0 aliphatic heterocycles. The maximum absolute atomic E-state index is 13.3. The van der Waals surface area contributed by atoms with Gasteiger partial charge in [0.05, 0.1) is 10.6 Å². The molecule has 0 heterocycles. The molecule has 0 saturated heterocycles. The van der Waals surface area contributed by atoms with E-state index in [1.807, 2.05) is 30.3 Å². The van der Waals surface area contributed by atoms with Crippen LogP contribution in [0.3, 0.4) is 0 Å². The largest absolute Gasteiger partial charge is 0.457 e. The zero-order valence-electron chi connectivity index (χ0n) is 17.7. The molecule has 0 radical (unpaired) electrons. The lowest BCUT2D eigenvalue weighted by Gasteiger charge is -2.24. The highest BCUT2D eigenvalue weighted by Gasteiger charge is 2.27. The third kappa shape index (κ3) is 5.58. The molecule has 0 bridgehead atoms. The number of benzene rings is 4. The summed E-state index contributed by atoms with van der Waals surface area (Å²) in [6.07, 6.45) is 0. The van der Waals surface area contributed by atoms with E-state index in [0.29, 0.717) is 22.9 Å². The van der Waals surface area contributed by atoms with E-state index in [1.54, 1.807) is 72.8 Å². The number of ether oxygens (including phenoxy) is 1. The van der Waals surface area contributed by atoms with E-state index in [2.05, 4.69) is 5.32 Å². The van der Waals surface area contributed by atoms with Crippen LogP contribution in [0.1, 0.15) is 0 Å². The van der Waals surface area contributed by atoms with Gasteiger partial charge in [0, 0.05) is 5.69 Å². The van der Waals surface area contributed by atoms with Crippen molar-refractivity contribution < 1.29 is 17.9 Å². The summed E-state index contributed by atoms with van der Waals surface area (Å²) in [5.74, 6) is 0.866. The highest BCUT2D eigenvalue weighted by Crippen LogP contribution is 2.25. The van der Waals surface area contributed by atoms with Crippen molar-refractivity contribution in [2.24, 2.45) is 0 Å². The molecule has 166 valence electrons. The lowest BCUT2D eigenvalue weighted by atomic mass is 10.3. The van der Waals surface area contributed by atoms with Crippen LogP contribution in [0.25, 0.3) is 0 Å². The maximum atomic E-state index is 13.3. The van der Waals surface area contributed by atoms with E-state index in [0.717, 1.165) is 4.31 Å². The van der Waals surface area contributed by atoms with E-state index >= 15 is 0 Å². The average molecular weight is 459 g/mol. The molecule has 7 heteroatoms. The van der Waals surface area contributed by atoms with Gasteiger partial charge in [-0.1, -0.05) is 54.6 Å². The standard InChI is InChI=1S/C26H22N2O4S/c29-26(27-21-16-18-24(19-17-21)32-23-12-6-2-7-13-23)20-28(22-10-4-1-5-11-22)33(30,31)25-14-8-3-9-15-25/h1-19H,20H2,(H,27,29). The Morgan fingerprint density at radius 3 is 1.82 bits per heavy atom. The first-order valence-electron chi connectivity index (χ1n) is 10.3. The summed E-state index contributed by atoms with van der Waals surface area (Å²) in [6, 6.07) is 32.8. The molecule has 33 heavy (non-hydrogen) atoms. The second-order valence-corrected chi connectivity index (χ2v) is 9.01. The highest BCUT2D eigenvalue weighted by molar-refractivity contribution is 7.92. The number of nitrogens with zero attached hydrogens (tertiary/aromatic N) is 1. The number of hydrogen-bond donors (Lipinski definition) is 1. The van der Waals surface area contributed by atoms with Gasteiger partial charge in [-0.05, 0) is 60.7 Å². The summed E-state index contributed by atoms with van der Waals surface area (Å²) in [7, 11) is -3.93. The molecular weight excluding hydrogens is 436 g/mol. The lowest BCUT2D eigenvalue weighted by molar-refractivity contribution is -0.114. The van der Waals surface area contributed by atoms with Crippen molar-refractivity contribution in [1.82, 2.24) is 0 Å². The van der Waals surface area contributed by atoms with Gasteiger partial charge < -0.3 is 10.1 Å². The van der Waals surface area contributed by atoms with Crippen molar-refractivity contribution in [3.8, 4) is 11.5 Å². The van der Waals surface area contributed by atoms with Gasteiger partial charge in [0.1, 0.15) is 18.0 Å². The lowest BCUT2D eigenvalue weighted by Crippen LogP contribution is -2.38. The molecule has 0 fully saturated rings. The van der Waals surface area contributed by atoms with Gasteiger partial charge in [0.15, 0.2) is 0 Å². The van der Waals surface area contributed by atoms with Gasteiger partial charge in [-0.2, -0.15) is 0 Å². The summed E-state index contributed by atoms with van der Waals surface area (Å²) >= 11 is 0. The van der Waals surface area contributed by atoms with E-state index in [4.69, 9.17) is 4.74 Å². The summed E-state index contributed by atoms with van der Waals surface area (Å²) in [4.78, 5) is 12.9. The Labute approximate surface area is 193 Å². The number of nitrogens with one attached hydrogen (secondary N) is 1. The van der Waals surface area contributed by atoms with Crippen LogP contribution in [0, 0.1) is 0 Å². The second kappa shape index (κ2) is 10.0. The van der Waals surface area contributed by atoms with Crippen molar-refractivity contribution in [2.75, 3.05) is 16.2 Å². The Balaban J connectivity index is 1.49. The third-order valence-electron chi connectivity index (χ3n) is 4.78. The Morgan fingerprint density at radius 1 is 0.697 bits per heavy atom. The molecule has 1 N–H and O–H groups in total. The monoisotopic (exact) mass is 458 g/mol. The number of hydrogen-bond acceptors (Lipinski definition) is 4. The number of anilines is 2. The Hall–Kier alpha value is -4.10.